The lowest BCUT2D eigenvalue weighted by molar-refractivity contribution is -0.0549. The third-order valence-corrected chi connectivity index (χ3v) is 9.73. The highest BCUT2D eigenvalue weighted by atomic mass is 31.2. The Morgan fingerprint density at radius 1 is 1.05 bits per heavy atom. The van der Waals surface area contributed by atoms with Gasteiger partial charge >= 0.3 is 7.82 Å². The van der Waals surface area contributed by atoms with Crippen LogP contribution in [0.1, 0.15) is 12.5 Å². The first kappa shape index (κ1) is 29.5. The van der Waals surface area contributed by atoms with Crippen molar-refractivity contribution < 1.29 is 46.9 Å². The van der Waals surface area contributed by atoms with E-state index in [4.69, 9.17) is 34.5 Å². The zero-order valence-electron chi connectivity index (χ0n) is 22.2. The van der Waals surface area contributed by atoms with Crippen LogP contribution in [0.4, 0.5) is 16.2 Å². The van der Waals surface area contributed by atoms with Crippen LogP contribution < -0.4 is 17.0 Å². The average Bonchev–Trinajstić information content (AvgIpc) is 3.72. The number of nitrogens with two attached hydrogens (primary N) is 2. The second kappa shape index (κ2) is 11.0. The van der Waals surface area contributed by atoms with E-state index in [1.807, 2.05) is 0 Å². The van der Waals surface area contributed by atoms with Crippen LogP contribution in [-0.4, -0.2) is 104 Å². The van der Waals surface area contributed by atoms with Crippen molar-refractivity contribution in [1.29, 1.82) is 0 Å². The number of aromatic nitrogens is 8. The van der Waals surface area contributed by atoms with Gasteiger partial charge in [0.1, 0.15) is 36.4 Å². The third-order valence-electron chi connectivity index (χ3n) is 7.56. The lowest BCUT2D eigenvalue weighted by atomic mass is 10.0. The Kier molecular flexibility index (Phi) is 7.36. The Hall–Kier alpha value is -3.23. The molecule has 3 fully saturated rings. The number of halogens is 1. The molecule has 0 spiro atoms. The largest absolute Gasteiger partial charge is 0.472 e. The Morgan fingerprint density at radius 3 is 2.57 bits per heavy atom. The molecule has 3 saturated heterocycles. The van der Waals surface area contributed by atoms with Gasteiger partial charge in [-0.3, -0.25) is 28.0 Å². The van der Waals surface area contributed by atoms with Crippen LogP contribution in [0.15, 0.2) is 23.8 Å². The Bertz CT molecular complexity index is 1820. The van der Waals surface area contributed by atoms with E-state index >= 15 is 4.39 Å². The fourth-order valence-corrected chi connectivity index (χ4v) is 7.66. The van der Waals surface area contributed by atoms with Gasteiger partial charge in [-0.15, -0.1) is 0 Å². The van der Waals surface area contributed by atoms with Gasteiger partial charge in [-0.05, 0) is 0 Å². The molecule has 2 bridgehead atoms. The van der Waals surface area contributed by atoms with E-state index < -0.39 is 83.9 Å². The van der Waals surface area contributed by atoms with Crippen molar-refractivity contribution in [2.75, 3.05) is 30.8 Å². The lowest BCUT2D eigenvalue weighted by Crippen LogP contribution is -2.34. The highest BCUT2D eigenvalue weighted by Crippen LogP contribution is 2.52. The van der Waals surface area contributed by atoms with Crippen LogP contribution in [0.3, 0.4) is 0 Å². The van der Waals surface area contributed by atoms with E-state index in [9.17, 15) is 24.3 Å². The van der Waals surface area contributed by atoms with E-state index in [0.717, 1.165) is 6.33 Å². The predicted molar refractivity (Wildman–Crippen MR) is 145 cm³/mol. The summed E-state index contributed by atoms with van der Waals surface area (Å²) in [5, 5.41) is 11.1. The molecule has 10 atom stereocenters. The number of aromatic amines is 1. The van der Waals surface area contributed by atoms with Gasteiger partial charge in [0.2, 0.25) is 5.95 Å². The number of nitrogens with one attached hydrogen (secondary N) is 1. The molecule has 0 aromatic carbocycles. The molecule has 0 radical (unpaired) electrons. The van der Waals surface area contributed by atoms with E-state index in [1.54, 1.807) is 0 Å². The molecular formula is C21H25FN10O10P2. The summed E-state index contributed by atoms with van der Waals surface area (Å²) in [5.74, 6) is -1.05. The summed E-state index contributed by atoms with van der Waals surface area (Å²) in [6.07, 6.45) is -6.72. The van der Waals surface area contributed by atoms with E-state index in [2.05, 4.69) is 29.9 Å². The van der Waals surface area contributed by atoms with Crippen LogP contribution in [0.2, 0.25) is 0 Å². The van der Waals surface area contributed by atoms with Crippen molar-refractivity contribution in [1.82, 2.24) is 39.0 Å². The summed E-state index contributed by atoms with van der Waals surface area (Å²) in [6, 6.07) is 0. The first-order chi connectivity index (χ1) is 21.0. The van der Waals surface area contributed by atoms with Crippen LogP contribution >= 0.6 is 16.2 Å². The minimum absolute atomic E-state index is 0.0387. The molecule has 20 nitrogen and oxygen atoms in total. The van der Waals surface area contributed by atoms with Gasteiger partial charge in [-0.1, -0.05) is 0 Å². The molecule has 236 valence electrons. The number of ether oxygens (including phenoxy) is 2. The molecule has 44 heavy (non-hydrogen) atoms. The highest BCUT2D eigenvalue weighted by molar-refractivity contribution is 7.47. The summed E-state index contributed by atoms with van der Waals surface area (Å²) in [7, 11) is -7.34. The molecule has 3 aliphatic heterocycles. The number of H-pyrrole nitrogens is 1. The number of rotatable bonds is 2. The Morgan fingerprint density at radius 2 is 1.77 bits per heavy atom. The number of aliphatic hydroxyl groups is 1. The number of nitrogens with zero attached hydrogens (tertiary/aromatic N) is 7. The number of hydrogen-bond donors (Lipinski definition) is 6. The lowest BCUT2D eigenvalue weighted by Gasteiger charge is -2.25. The second-order valence-corrected chi connectivity index (χ2v) is 13.0. The normalized spacial score (nSPS) is 36.6. The molecule has 8 N–H and O–H groups in total. The highest BCUT2D eigenvalue weighted by Gasteiger charge is 2.53. The van der Waals surface area contributed by atoms with Gasteiger partial charge in [-0.25, -0.2) is 28.9 Å². The second-order valence-electron chi connectivity index (χ2n) is 10.3. The number of hydrogen-bond acceptors (Lipinski definition) is 16. The SMILES string of the molecule is Nc1nc2c(ncn2[C@@H]2O[C@@H]3COP(=O)(O)O[C@H]4[C@@H](F)[C@H](n5cnc6c(N)ncnc65)O[C@@H]4COP(O)C[C@@H]2[C@@H]3O)c(=O)[nH]1. The smallest absolute Gasteiger partial charge is 0.390 e. The number of aliphatic hydroxyl groups excluding tert-OH is 1. The van der Waals surface area contributed by atoms with Crippen molar-refractivity contribution in [3.05, 3.63) is 29.3 Å². The fraction of sp³-hybridized carbons (Fsp3) is 0.524. The zero-order chi connectivity index (χ0) is 30.9. The quantitative estimate of drug-likeness (QED) is 0.142. The molecule has 0 saturated carbocycles. The fourth-order valence-electron chi connectivity index (χ4n) is 5.52. The summed E-state index contributed by atoms with van der Waals surface area (Å²) >= 11 is 0. The molecule has 23 heteroatoms. The molecule has 3 aliphatic rings. The van der Waals surface area contributed by atoms with Crippen molar-refractivity contribution in [2.24, 2.45) is 5.92 Å². The monoisotopic (exact) mass is 658 g/mol. The van der Waals surface area contributed by atoms with E-state index in [0.29, 0.717) is 0 Å². The van der Waals surface area contributed by atoms with Crippen LogP contribution in [0.5, 0.6) is 0 Å². The van der Waals surface area contributed by atoms with Crippen molar-refractivity contribution >= 4 is 50.3 Å². The molecule has 7 rings (SSSR count). The maximum atomic E-state index is 15.9. The van der Waals surface area contributed by atoms with Gasteiger partial charge in [0.25, 0.3) is 5.56 Å². The number of alkyl halides is 1. The van der Waals surface area contributed by atoms with Gasteiger partial charge in [0, 0.05) is 12.1 Å². The van der Waals surface area contributed by atoms with Crippen molar-refractivity contribution in [3.8, 4) is 0 Å². The molecule has 2 unspecified atom stereocenters. The molecule has 4 aromatic heterocycles. The third kappa shape index (κ3) is 5.04. The Balaban J connectivity index is 1.18. The standard InChI is InChI=1S/C21H25FN10O10P2/c22-10-14-9(41-20(10)31-5-27-11-15(23)25-4-26-16(11)31)1-38-43(35)3-7-13(33)8(2-39-44(36,37)42-14)40-19(7)32-6-28-12-17(32)29-21(24)30-18(12)34/h4-10,13-14,19-20,33,35H,1-3H2,(H,36,37)(H2,23,25,26)(H3,24,29,30,34)/t7-,8-,9-,10-,13+,14-,19-,20-,43?/m1/s1. The average molecular weight is 658 g/mol. The van der Waals surface area contributed by atoms with Gasteiger partial charge in [0.05, 0.1) is 32.0 Å². The number of phosphoric acid groups is 1. The Labute approximate surface area is 245 Å². The van der Waals surface area contributed by atoms with Gasteiger partial charge < -0.3 is 40.4 Å². The summed E-state index contributed by atoms with van der Waals surface area (Å²) in [5.41, 5.74) is 11.2. The maximum absolute atomic E-state index is 15.9. The van der Waals surface area contributed by atoms with Crippen molar-refractivity contribution in [3.63, 3.8) is 0 Å². The van der Waals surface area contributed by atoms with Crippen molar-refractivity contribution in [2.45, 2.75) is 43.0 Å². The molecule has 4 aromatic rings. The topological polar surface area (TPSA) is 283 Å². The summed E-state index contributed by atoms with van der Waals surface area (Å²) in [6.45, 7) is -1.15. The molecule has 7 heterocycles. The number of phosphoric ester groups is 1. The molecular weight excluding hydrogens is 633 g/mol. The first-order valence-electron chi connectivity index (χ1n) is 13.0. The first-order valence-corrected chi connectivity index (χ1v) is 15.9. The van der Waals surface area contributed by atoms with Crippen LogP contribution in [0, 0.1) is 5.92 Å². The van der Waals surface area contributed by atoms with Gasteiger partial charge in [-0.2, -0.15) is 4.98 Å². The van der Waals surface area contributed by atoms with E-state index in [-0.39, 0.29) is 40.3 Å². The van der Waals surface area contributed by atoms with E-state index in [1.165, 1.54) is 21.8 Å². The minimum Gasteiger partial charge on any atom is -0.390 e. The number of anilines is 2. The van der Waals surface area contributed by atoms with Crippen LogP contribution in [0.25, 0.3) is 22.3 Å². The zero-order valence-corrected chi connectivity index (χ0v) is 24.0. The van der Waals surface area contributed by atoms with Gasteiger partial charge in [0.15, 0.2) is 43.4 Å². The minimum atomic E-state index is -5.01. The number of fused-ring (bicyclic) bond motifs is 5. The summed E-state index contributed by atoms with van der Waals surface area (Å²) < 4.78 is 59.3. The predicted octanol–water partition coefficient (Wildman–Crippen LogP) is -0.929. The number of nitrogen functional groups attached to an aromatic ring is 2. The summed E-state index contributed by atoms with van der Waals surface area (Å²) in [4.78, 5) is 56.3. The number of imidazole rings is 2. The maximum Gasteiger partial charge on any atom is 0.472 e. The molecule has 0 aliphatic carbocycles. The molecule has 0 amide bonds. The van der Waals surface area contributed by atoms with Crippen LogP contribution in [-0.2, 0) is 27.6 Å².